The molecule has 0 saturated heterocycles. The summed E-state index contributed by atoms with van der Waals surface area (Å²) in [6.45, 7) is 7.34. The Morgan fingerprint density at radius 3 is 1.94 bits per heavy atom. The van der Waals surface area contributed by atoms with Gasteiger partial charge in [-0.2, -0.15) is 36.3 Å². The third-order valence-corrected chi connectivity index (χ3v) is 7.40. The van der Waals surface area contributed by atoms with E-state index in [-0.39, 0.29) is 42.5 Å². The molecule has 0 aliphatic rings. The molecule has 0 amide bonds. The monoisotopic (exact) mass is 740 g/mol. The molecule has 0 spiro atoms. The Morgan fingerprint density at radius 2 is 1.28 bits per heavy atom. The summed E-state index contributed by atoms with van der Waals surface area (Å²) in [5.41, 5.74) is -0.753. The third-order valence-electron chi connectivity index (χ3n) is 7.40. The van der Waals surface area contributed by atoms with Crippen molar-refractivity contribution in [1.82, 2.24) is 29.9 Å². The van der Waals surface area contributed by atoms with Gasteiger partial charge < -0.3 is 21.3 Å². The predicted octanol–water partition coefficient (Wildman–Crippen LogP) is 9.09. The summed E-state index contributed by atoms with van der Waals surface area (Å²) in [6, 6.07) is 14.7. The number of pyridine rings is 4. The Hall–Kier alpha value is -5.87. The molecule has 5 aromatic heterocycles. The van der Waals surface area contributed by atoms with Crippen LogP contribution in [0.3, 0.4) is 0 Å². The van der Waals surface area contributed by atoms with E-state index in [4.69, 9.17) is 0 Å². The Bertz CT molecular complexity index is 2170. The lowest BCUT2D eigenvalue weighted by atomic mass is 10.1. The highest BCUT2D eigenvalue weighted by molar-refractivity contribution is 5.90. The van der Waals surface area contributed by atoms with E-state index < -0.39 is 35.0 Å². The molecule has 0 unspecified atom stereocenters. The first-order chi connectivity index (χ1) is 25.1. The minimum atomic E-state index is -4.65. The lowest BCUT2D eigenvalue weighted by Crippen LogP contribution is -2.16. The van der Waals surface area contributed by atoms with Gasteiger partial charge in [-0.3, -0.25) is 4.98 Å². The van der Waals surface area contributed by atoms with E-state index in [9.17, 15) is 30.7 Å². The van der Waals surface area contributed by atoms with E-state index in [1.54, 1.807) is 36.7 Å². The number of aromatic nitrogens is 6. The summed E-state index contributed by atoms with van der Waals surface area (Å²) in [7, 11) is 0. The van der Waals surface area contributed by atoms with Gasteiger partial charge in [-0.25, -0.2) is 19.3 Å². The lowest BCUT2D eigenvalue weighted by Gasteiger charge is -2.16. The molecule has 6 aromatic rings. The van der Waals surface area contributed by atoms with Crippen LogP contribution in [0.15, 0.2) is 79.3 Å². The van der Waals surface area contributed by atoms with Gasteiger partial charge in [0.2, 0.25) is 5.95 Å². The van der Waals surface area contributed by atoms with E-state index in [1.165, 1.54) is 12.1 Å². The largest absolute Gasteiger partial charge is 0.433 e. The molecule has 0 aliphatic heterocycles. The number of hydrogen-bond acceptors (Lipinski definition) is 10. The smallest absolute Gasteiger partial charge is 0.380 e. The fourth-order valence-corrected chi connectivity index (χ4v) is 5.20. The Kier molecular flexibility index (Phi) is 11.7. The number of hydrogen-bond donors (Lipinski definition) is 4. The Balaban J connectivity index is 0.000000204. The van der Waals surface area contributed by atoms with Gasteiger partial charge in [0.25, 0.3) is 0 Å². The molecular formula is C36H35F7N10. The molecule has 6 rings (SSSR count). The highest BCUT2D eigenvalue weighted by Crippen LogP contribution is 2.34. The highest BCUT2D eigenvalue weighted by Gasteiger charge is 2.35. The van der Waals surface area contributed by atoms with Crippen molar-refractivity contribution in [3.63, 3.8) is 0 Å². The van der Waals surface area contributed by atoms with Crippen LogP contribution in [0.2, 0.25) is 0 Å². The topological polar surface area (TPSA) is 125 Å². The number of rotatable bonds is 10. The number of anilines is 4. The van der Waals surface area contributed by atoms with E-state index in [0.29, 0.717) is 28.2 Å². The molecule has 278 valence electrons. The standard InChI is InChI=1S/C18H17F4N5.C18H18F3N5/c1-10(2)25-17-26-15-11(5-4-8-23-15)16(27-17)24-9-12-13(18(20,21)22)6-3-7-14(12)19;1-11(2)25-15-9-14(13-6-4-8-23-17(13)26-15)24-10-12-5-3-7-22-16(12)18(19,20)21/h3-8,10H,9H2,1-2H3,(H2,23,24,25,26,27);3-9,11H,10H2,1-2H3,(H2,23,24,25,26). The van der Waals surface area contributed by atoms with Crippen molar-refractivity contribution in [1.29, 1.82) is 0 Å². The molecule has 1 aromatic carbocycles. The molecule has 0 bridgehead atoms. The van der Waals surface area contributed by atoms with Crippen molar-refractivity contribution in [2.45, 2.75) is 65.2 Å². The van der Waals surface area contributed by atoms with Crippen LogP contribution in [0.25, 0.3) is 22.1 Å². The highest BCUT2D eigenvalue weighted by atomic mass is 19.4. The van der Waals surface area contributed by atoms with E-state index >= 15 is 0 Å². The van der Waals surface area contributed by atoms with Crippen LogP contribution in [0, 0.1) is 5.82 Å². The Morgan fingerprint density at radius 1 is 0.642 bits per heavy atom. The van der Waals surface area contributed by atoms with E-state index in [2.05, 4.69) is 51.2 Å². The third kappa shape index (κ3) is 9.93. The van der Waals surface area contributed by atoms with Crippen molar-refractivity contribution in [2.24, 2.45) is 0 Å². The van der Waals surface area contributed by atoms with Gasteiger partial charge in [-0.05, 0) is 70.2 Å². The first-order valence-electron chi connectivity index (χ1n) is 16.3. The first-order valence-corrected chi connectivity index (χ1v) is 16.3. The van der Waals surface area contributed by atoms with Crippen LogP contribution in [0.1, 0.15) is 50.1 Å². The van der Waals surface area contributed by atoms with Gasteiger partial charge in [-0.15, -0.1) is 0 Å². The van der Waals surface area contributed by atoms with Crippen molar-refractivity contribution >= 4 is 45.3 Å². The summed E-state index contributed by atoms with van der Waals surface area (Å²) in [5, 5.41) is 13.3. The lowest BCUT2D eigenvalue weighted by molar-refractivity contribution is -0.142. The summed E-state index contributed by atoms with van der Waals surface area (Å²) in [5.74, 6) is 0.223. The van der Waals surface area contributed by atoms with Crippen LogP contribution in [-0.2, 0) is 25.4 Å². The average molecular weight is 741 g/mol. The molecule has 4 N–H and O–H groups in total. The summed E-state index contributed by atoms with van der Waals surface area (Å²) < 4.78 is 92.9. The minimum Gasteiger partial charge on any atom is -0.380 e. The van der Waals surface area contributed by atoms with Crippen LogP contribution in [0.5, 0.6) is 0 Å². The molecule has 0 atom stereocenters. The molecule has 53 heavy (non-hydrogen) atoms. The van der Waals surface area contributed by atoms with Gasteiger partial charge in [0, 0.05) is 72.0 Å². The maximum absolute atomic E-state index is 14.1. The van der Waals surface area contributed by atoms with Crippen molar-refractivity contribution < 1.29 is 30.7 Å². The molecule has 17 heteroatoms. The van der Waals surface area contributed by atoms with Gasteiger partial charge in [0.05, 0.1) is 10.9 Å². The van der Waals surface area contributed by atoms with Crippen molar-refractivity contribution in [2.75, 3.05) is 21.3 Å². The van der Waals surface area contributed by atoms with Crippen molar-refractivity contribution in [3.8, 4) is 0 Å². The zero-order valence-corrected chi connectivity index (χ0v) is 28.9. The minimum absolute atomic E-state index is 0.0161. The Labute approximate surface area is 299 Å². The zero-order chi connectivity index (χ0) is 38.3. The number of fused-ring (bicyclic) bond motifs is 2. The molecule has 0 saturated carbocycles. The van der Waals surface area contributed by atoms with Crippen LogP contribution in [-0.4, -0.2) is 42.0 Å². The second-order valence-electron chi connectivity index (χ2n) is 12.3. The number of nitrogens with one attached hydrogen (secondary N) is 4. The van der Waals surface area contributed by atoms with Gasteiger partial charge in [-0.1, -0.05) is 12.1 Å². The summed E-state index contributed by atoms with van der Waals surface area (Å²) in [6.07, 6.45) is -4.83. The number of benzene rings is 1. The number of nitrogens with zero attached hydrogens (tertiary/aromatic N) is 6. The van der Waals surface area contributed by atoms with Crippen LogP contribution >= 0.6 is 0 Å². The van der Waals surface area contributed by atoms with Crippen molar-refractivity contribution in [3.05, 3.63) is 107 Å². The fraction of sp³-hybridized carbons (Fsp3) is 0.278. The number of halogens is 7. The molecule has 5 heterocycles. The van der Waals surface area contributed by atoms with Crippen LogP contribution in [0.4, 0.5) is 54.0 Å². The summed E-state index contributed by atoms with van der Waals surface area (Å²) in [4.78, 5) is 24.9. The second-order valence-corrected chi connectivity index (χ2v) is 12.3. The molecule has 0 radical (unpaired) electrons. The summed E-state index contributed by atoms with van der Waals surface area (Å²) >= 11 is 0. The molecule has 10 nitrogen and oxygen atoms in total. The normalized spacial score (nSPS) is 11.8. The molecule has 0 aliphatic carbocycles. The van der Waals surface area contributed by atoms with Gasteiger partial charge in [0.15, 0.2) is 11.3 Å². The zero-order valence-electron chi connectivity index (χ0n) is 28.9. The van der Waals surface area contributed by atoms with Gasteiger partial charge in [0.1, 0.15) is 23.1 Å². The van der Waals surface area contributed by atoms with E-state index in [1.807, 2.05) is 33.8 Å². The molecule has 0 fully saturated rings. The predicted molar refractivity (Wildman–Crippen MR) is 190 cm³/mol. The first kappa shape index (κ1) is 38.4. The quantitative estimate of drug-likeness (QED) is 0.101. The fourth-order valence-electron chi connectivity index (χ4n) is 5.20. The maximum atomic E-state index is 14.1. The molecular weight excluding hydrogens is 705 g/mol. The van der Waals surface area contributed by atoms with Gasteiger partial charge >= 0.3 is 12.4 Å². The van der Waals surface area contributed by atoms with E-state index in [0.717, 1.165) is 29.8 Å². The SMILES string of the molecule is CC(C)Nc1cc(NCc2cccnc2C(F)(F)F)c2cccnc2n1.CC(C)Nc1nc(NCc2c(F)cccc2C(F)(F)F)c2cccnc2n1. The number of alkyl halides is 6. The second kappa shape index (κ2) is 16.2. The van der Waals surface area contributed by atoms with Crippen LogP contribution < -0.4 is 21.3 Å². The maximum Gasteiger partial charge on any atom is 0.433 e. The average Bonchev–Trinajstić information content (AvgIpc) is 3.09.